The number of hydrogen-bond donors (Lipinski definition) is 3. The number of ketones is 1. The molecule has 0 atom stereocenters. The average Bonchev–Trinajstić information content (AvgIpc) is 3.34. The van der Waals surface area contributed by atoms with Crippen LogP contribution >= 0.6 is 11.6 Å². The Morgan fingerprint density at radius 3 is 2.69 bits per heavy atom. The lowest BCUT2D eigenvalue weighted by atomic mass is 10.0. The lowest BCUT2D eigenvalue weighted by Gasteiger charge is -2.06. The van der Waals surface area contributed by atoms with E-state index < -0.39 is 5.56 Å². The summed E-state index contributed by atoms with van der Waals surface area (Å²) < 4.78 is 10.6. The van der Waals surface area contributed by atoms with Gasteiger partial charge in [-0.1, -0.05) is 11.6 Å². The Balaban J connectivity index is 1.70. The number of aromatic nitrogens is 5. The van der Waals surface area contributed by atoms with E-state index in [4.69, 9.17) is 21.1 Å². The molecule has 0 aliphatic rings. The van der Waals surface area contributed by atoms with Gasteiger partial charge in [0.1, 0.15) is 5.69 Å². The van der Waals surface area contributed by atoms with Crippen LogP contribution in [0.1, 0.15) is 15.9 Å². The van der Waals surface area contributed by atoms with Crippen LogP contribution in [0.2, 0.25) is 5.02 Å². The smallest absolute Gasteiger partial charge is 0.258 e. The van der Waals surface area contributed by atoms with E-state index >= 15 is 0 Å². The minimum absolute atomic E-state index is 0.0104. The van der Waals surface area contributed by atoms with Gasteiger partial charge < -0.3 is 19.4 Å². The lowest BCUT2D eigenvalue weighted by molar-refractivity contribution is 0.0991. The van der Waals surface area contributed by atoms with Crippen molar-refractivity contribution in [3.63, 3.8) is 0 Å². The number of rotatable bonds is 6. The molecule has 1 aromatic carbocycles. The van der Waals surface area contributed by atoms with Crippen molar-refractivity contribution in [1.82, 2.24) is 25.1 Å². The molecule has 0 fully saturated rings. The molecule has 148 valence electrons. The number of benzene rings is 1. The number of H-pyrrole nitrogens is 3. The molecule has 0 saturated heterocycles. The van der Waals surface area contributed by atoms with Crippen LogP contribution in [0.5, 0.6) is 11.5 Å². The van der Waals surface area contributed by atoms with Crippen LogP contribution in [-0.4, -0.2) is 45.2 Å². The quantitative estimate of drug-likeness (QED) is 0.417. The standard InChI is InChI=1S/C19H16ClN5O4/c1-28-15-5-12-13(6-16(15)29-2)24-18(23-12)17-9(7-22-25-17)3-14(26)11-4-10(20)8-21-19(11)27/h4-8H,3H2,1-2H3,(H,21,27)(H,22,25)(H,23,24). The van der Waals surface area contributed by atoms with Gasteiger partial charge in [0, 0.05) is 30.3 Å². The number of carbonyl (C=O) groups is 1. The number of nitrogens with one attached hydrogen (secondary N) is 3. The second-order valence-corrected chi connectivity index (χ2v) is 6.68. The van der Waals surface area contributed by atoms with Gasteiger partial charge in [-0.05, 0) is 6.07 Å². The summed E-state index contributed by atoms with van der Waals surface area (Å²) >= 11 is 5.89. The van der Waals surface area contributed by atoms with E-state index in [-0.39, 0.29) is 22.8 Å². The number of aromatic amines is 3. The minimum atomic E-state index is -0.493. The predicted octanol–water partition coefficient (Wildman–Crippen LogP) is 2.74. The molecular formula is C19H16ClN5O4. The van der Waals surface area contributed by atoms with E-state index in [1.807, 2.05) is 0 Å². The normalized spacial score (nSPS) is 11.0. The van der Waals surface area contributed by atoms with E-state index in [2.05, 4.69) is 25.1 Å². The molecule has 0 amide bonds. The molecule has 0 bridgehead atoms. The Morgan fingerprint density at radius 1 is 1.17 bits per heavy atom. The largest absolute Gasteiger partial charge is 0.493 e. The number of hydrogen-bond acceptors (Lipinski definition) is 6. The van der Waals surface area contributed by atoms with Crippen molar-refractivity contribution in [2.45, 2.75) is 6.42 Å². The monoisotopic (exact) mass is 413 g/mol. The predicted molar refractivity (Wildman–Crippen MR) is 107 cm³/mol. The third-order valence-corrected chi connectivity index (χ3v) is 4.68. The van der Waals surface area contributed by atoms with Crippen molar-refractivity contribution in [2.75, 3.05) is 14.2 Å². The highest BCUT2D eigenvalue weighted by Gasteiger charge is 2.19. The fraction of sp³-hybridized carbons (Fsp3) is 0.158. The minimum Gasteiger partial charge on any atom is -0.493 e. The SMILES string of the molecule is COc1cc2nc(-c3[nH]ncc3CC(=O)c3cc(Cl)c[nH]c3=O)[nH]c2cc1OC. The summed E-state index contributed by atoms with van der Waals surface area (Å²) in [5.74, 6) is 1.24. The van der Waals surface area contributed by atoms with Crippen LogP contribution in [0.3, 0.4) is 0 Å². The molecule has 0 spiro atoms. The summed E-state index contributed by atoms with van der Waals surface area (Å²) in [5.41, 5.74) is 2.03. The number of carbonyl (C=O) groups excluding carboxylic acids is 1. The van der Waals surface area contributed by atoms with Gasteiger partial charge in [0.25, 0.3) is 5.56 Å². The van der Waals surface area contributed by atoms with Gasteiger partial charge >= 0.3 is 0 Å². The molecule has 3 aromatic heterocycles. The summed E-state index contributed by atoms with van der Waals surface area (Å²) in [4.78, 5) is 34.7. The molecule has 9 nitrogen and oxygen atoms in total. The number of imidazole rings is 1. The highest BCUT2D eigenvalue weighted by atomic mass is 35.5. The third-order valence-electron chi connectivity index (χ3n) is 4.46. The number of halogens is 1. The zero-order valence-electron chi connectivity index (χ0n) is 15.5. The Morgan fingerprint density at radius 2 is 1.93 bits per heavy atom. The Bertz CT molecular complexity index is 1230. The van der Waals surface area contributed by atoms with Gasteiger partial charge in [-0.15, -0.1) is 0 Å². The maximum absolute atomic E-state index is 12.6. The van der Waals surface area contributed by atoms with Gasteiger partial charge in [-0.2, -0.15) is 5.10 Å². The number of ether oxygens (including phenoxy) is 2. The topological polar surface area (TPSA) is 126 Å². The van der Waals surface area contributed by atoms with Gasteiger partial charge in [-0.25, -0.2) is 4.98 Å². The molecule has 0 aliphatic carbocycles. The maximum Gasteiger partial charge on any atom is 0.258 e. The van der Waals surface area contributed by atoms with Crippen LogP contribution in [-0.2, 0) is 6.42 Å². The average molecular weight is 414 g/mol. The van der Waals surface area contributed by atoms with Crippen LogP contribution in [0.15, 0.2) is 35.4 Å². The van der Waals surface area contributed by atoms with Crippen LogP contribution in [0, 0.1) is 0 Å². The number of pyridine rings is 1. The molecular weight excluding hydrogens is 398 g/mol. The molecule has 3 N–H and O–H groups in total. The molecule has 0 aliphatic heterocycles. The van der Waals surface area contributed by atoms with Crippen LogP contribution in [0.25, 0.3) is 22.6 Å². The van der Waals surface area contributed by atoms with Crippen molar-refractivity contribution in [1.29, 1.82) is 0 Å². The summed E-state index contributed by atoms with van der Waals surface area (Å²) in [6.45, 7) is 0. The zero-order valence-corrected chi connectivity index (χ0v) is 16.3. The first-order valence-electron chi connectivity index (χ1n) is 8.56. The van der Waals surface area contributed by atoms with Gasteiger partial charge in [-0.3, -0.25) is 14.7 Å². The summed E-state index contributed by atoms with van der Waals surface area (Å²) in [5, 5.41) is 7.16. The van der Waals surface area contributed by atoms with Gasteiger partial charge in [0.2, 0.25) is 0 Å². The van der Waals surface area contributed by atoms with E-state index in [0.717, 1.165) is 5.52 Å². The van der Waals surface area contributed by atoms with Crippen molar-refractivity contribution in [2.24, 2.45) is 0 Å². The molecule has 4 rings (SSSR count). The van der Waals surface area contributed by atoms with Crippen LogP contribution in [0.4, 0.5) is 0 Å². The fourth-order valence-electron chi connectivity index (χ4n) is 3.04. The highest BCUT2D eigenvalue weighted by Crippen LogP contribution is 2.32. The highest BCUT2D eigenvalue weighted by molar-refractivity contribution is 6.30. The van der Waals surface area contributed by atoms with Gasteiger partial charge in [0.05, 0.1) is 42.0 Å². The van der Waals surface area contributed by atoms with Crippen molar-refractivity contribution < 1.29 is 14.3 Å². The molecule has 0 unspecified atom stereocenters. The summed E-state index contributed by atoms with van der Waals surface area (Å²) in [6, 6.07) is 4.88. The molecule has 4 aromatic rings. The number of Topliss-reactive ketones (excluding diaryl/α,β-unsaturated/α-hetero) is 1. The van der Waals surface area contributed by atoms with Crippen molar-refractivity contribution >= 4 is 28.4 Å². The molecule has 29 heavy (non-hydrogen) atoms. The maximum atomic E-state index is 12.6. The van der Waals surface area contributed by atoms with Gasteiger partial charge in [0.15, 0.2) is 23.1 Å². The first-order chi connectivity index (χ1) is 14.0. The van der Waals surface area contributed by atoms with E-state index in [1.54, 1.807) is 26.4 Å². The van der Waals surface area contributed by atoms with Crippen LogP contribution < -0.4 is 15.0 Å². The number of nitrogens with zero attached hydrogens (tertiary/aromatic N) is 2. The first kappa shape index (κ1) is 18.8. The van der Waals surface area contributed by atoms with Crippen molar-refractivity contribution in [3.05, 3.63) is 57.1 Å². The number of methoxy groups -OCH3 is 2. The lowest BCUT2D eigenvalue weighted by Crippen LogP contribution is -2.18. The Kier molecular flexibility index (Phi) is 4.81. The molecule has 0 radical (unpaired) electrons. The fourth-order valence-corrected chi connectivity index (χ4v) is 3.20. The third kappa shape index (κ3) is 3.47. The van der Waals surface area contributed by atoms with E-state index in [9.17, 15) is 9.59 Å². The van der Waals surface area contributed by atoms with E-state index in [1.165, 1.54) is 18.5 Å². The summed E-state index contributed by atoms with van der Waals surface area (Å²) in [7, 11) is 3.10. The van der Waals surface area contributed by atoms with E-state index in [0.29, 0.717) is 34.1 Å². The molecule has 10 heteroatoms. The van der Waals surface area contributed by atoms with Crippen molar-refractivity contribution in [3.8, 4) is 23.0 Å². The molecule has 3 heterocycles. The first-order valence-corrected chi connectivity index (χ1v) is 8.93. The second kappa shape index (κ2) is 7.44. The number of fused-ring (bicyclic) bond motifs is 1. The molecule has 0 saturated carbocycles. The summed E-state index contributed by atoms with van der Waals surface area (Å²) in [6.07, 6.45) is 2.82. The Hall–Kier alpha value is -3.59. The zero-order chi connectivity index (χ0) is 20.5. The Labute approximate surface area is 169 Å². The second-order valence-electron chi connectivity index (χ2n) is 6.24.